The van der Waals surface area contributed by atoms with E-state index in [1.807, 2.05) is 18.2 Å². The summed E-state index contributed by atoms with van der Waals surface area (Å²) in [5.41, 5.74) is 3.56. The Morgan fingerprint density at radius 3 is 2.80 bits per heavy atom. The van der Waals surface area contributed by atoms with Crippen LogP contribution in [0.5, 0.6) is 5.75 Å². The molecule has 25 heavy (non-hydrogen) atoms. The lowest BCUT2D eigenvalue weighted by Gasteiger charge is -2.38. The number of para-hydroxylation sites is 1. The fourth-order valence-corrected chi connectivity index (χ4v) is 3.98. The Hall–Kier alpha value is -2.33. The second-order valence-electron chi connectivity index (χ2n) is 6.24. The average molecular weight is 354 g/mol. The Bertz CT molecular complexity index is 928. The number of hydrogen-bond acceptors (Lipinski definition) is 4. The van der Waals surface area contributed by atoms with Crippen LogP contribution in [-0.2, 0) is 6.42 Å². The lowest BCUT2D eigenvalue weighted by Crippen LogP contribution is -2.36. The summed E-state index contributed by atoms with van der Waals surface area (Å²) in [5, 5.41) is 1.22. The third-order valence-electron chi connectivity index (χ3n) is 4.93. The number of anilines is 1. The zero-order valence-corrected chi connectivity index (χ0v) is 15.1. The predicted octanol–water partition coefficient (Wildman–Crippen LogP) is 4.81. The molecule has 0 N–H and O–H groups in total. The smallest absolute Gasteiger partial charge is 0.225 e. The van der Waals surface area contributed by atoms with Gasteiger partial charge in [-0.05, 0) is 47.7 Å². The Balaban J connectivity index is 1.90. The first-order valence-corrected chi connectivity index (χ1v) is 8.95. The molecule has 128 valence electrons. The number of methoxy groups -OCH3 is 1. The van der Waals surface area contributed by atoms with Crippen molar-refractivity contribution < 1.29 is 4.74 Å². The van der Waals surface area contributed by atoms with Crippen LogP contribution in [0.25, 0.3) is 10.9 Å². The fourth-order valence-electron chi connectivity index (χ4n) is 3.81. The minimum atomic E-state index is 0.251. The Kier molecular flexibility index (Phi) is 4.22. The molecule has 2 aromatic carbocycles. The second kappa shape index (κ2) is 6.52. The Labute approximate surface area is 152 Å². The van der Waals surface area contributed by atoms with Crippen LogP contribution in [0.3, 0.4) is 0 Å². The molecule has 1 aliphatic rings. The van der Waals surface area contributed by atoms with Gasteiger partial charge in [-0.2, -0.15) is 4.98 Å². The summed E-state index contributed by atoms with van der Waals surface area (Å²) in [4.78, 5) is 11.4. The van der Waals surface area contributed by atoms with Gasteiger partial charge >= 0.3 is 0 Å². The van der Waals surface area contributed by atoms with E-state index in [0.29, 0.717) is 5.75 Å². The minimum Gasteiger partial charge on any atom is -0.494 e. The molecule has 1 atom stereocenters. The number of halogens is 1. The highest BCUT2D eigenvalue weighted by Gasteiger charge is 2.28. The SMILES string of the molecule is CCC1c2ccccc2CCN1c1nc(Cl)nc2c(OC)cccc12. The number of aromatic nitrogens is 2. The van der Waals surface area contributed by atoms with Crippen LogP contribution >= 0.6 is 11.6 Å². The van der Waals surface area contributed by atoms with Crippen molar-refractivity contribution in [2.45, 2.75) is 25.8 Å². The molecule has 5 heteroatoms. The van der Waals surface area contributed by atoms with Crippen LogP contribution in [0, 0.1) is 0 Å². The maximum Gasteiger partial charge on any atom is 0.225 e. The van der Waals surface area contributed by atoms with Gasteiger partial charge in [-0.1, -0.05) is 37.3 Å². The molecule has 0 bridgehead atoms. The molecule has 0 spiro atoms. The van der Waals surface area contributed by atoms with Crippen LogP contribution in [-0.4, -0.2) is 23.6 Å². The number of fused-ring (bicyclic) bond motifs is 2. The zero-order valence-electron chi connectivity index (χ0n) is 14.4. The van der Waals surface area contributed by atoms with Crippen molar-refractivity contribution >= 4 is 28.3 Å². The molecule has 0 aliphatic carbocycles. The molecular formula is C20H20ClN3O. The first-order valence-electron chi connectivity index (χ1n) is 8.57. The van der Waals surface area contributed by atoms with E-state index in [4.69, 9.17) is 16.3 Å². The lowest BCUT2D eigenvalue weighted by molar-refractivity contribution is 0.419. The molecule has 2 heterocycles. The van der Waals surface area contributed by atoms with Gasteiger partial charge in [0.05, 0.1) is 13.2 Å². The number of ether oxygens (including phenoxy) is 1. The first kappa shape index (κ1) is 16.2. The summed E-state index contributed by atoms with van der Waals surface area (Å²) in [7, 11) is 1.65. The predicted molar refractivity (Wildman–Crippen MR) is 102 cm³/mol. The molecule has 4 nitrogen and oxygen atoms in total. The highest BCUT2D eigenvalue weighted by molar-refractivity contribution is 6.29. The lowest BCUT2D eigenvalue weighted by atomic mass is 9.91. The van der Waals surface area contributed by atoms with Crippen LogP contribution in [0.1, 0.15) is 30.5 Å². The highest BCUT2D eigenvalue weighted by Crippen LogP contribution is 2.39. The highest BCUT2D eigenvalue weighted by atomic mass is 35.5. The van der Waals surface area contributed by atoms with Gasteiger partial charge in [0.1, 0.15) is 17.1 Å². The summed E-state index contributed by atoms with van der Waals surface area (Å²) in [6, 6.07) is 14.9. The van der Waals surface area contributed by atoms with Gasteiger partial charge < -0.3 is 9.64 Å². The van der Waals surface area contributed by atoms with E-state index in [2.05, 4.69) is 46.1 Å². The van der Waals surface area contributed by atoms with Crippen molar-refractivity contribution in [3.63, 3.8) is 0 Å². The third-order valence-corrected chi connectivity index (χ3v) is 5.10. The number of nitrogens with zero attached hydrogens (tertiary/aromatic N) is 3. The van der Waals surface area contributed by atoms with E-state index in [0.717, 1.165) is 36.1 Å². The summed E-state index contributed by atoms with van der Waals surface area (Å²) in [6.07, 6.45) is 2.00. The van der Waals surface area contributed by atoms with E-state index < -0.39 is 0 Å². The third kappa shape index (κ3) is 2.71. The molecule has 0 saturated carbocycles. The van der Waals surface area contributed by atoms with E-state index in [9.17, 15) is 0 Å². The quantitative estimate of drug-likeness (QED) is 0.633. The summed E-state index contributed by atoms with van der Waals surface area (Å²) < 4.78 is 5.47. The summed E-state index contributed by atoms with van der Waals surface area (Å²) in [6.45, 7) is 3.13. The van der Waals surface area contributed by atoms with Crippen LogP contribution < -0.4 is 9.64 Å². The number of benzene rings is 2. The van der Waals surface area contributed by atoms with Crippen molar-refractivity contribution in [3.8, 4) is 5.75 Å². The van der Waals surface area contributed by atoms with Crippen molar-refractivity contribution in [1.82, 2.24) is 9.97 Å². The van der Waals surface area contributed by atoms with Gasteiger partial charge in [0.25, 0.3) is 0 Å². The summed E-state index contributed by atoms with van der Waals surface area (Å²) >= 11 is 6.26. The molecule has 3 aromatic rings. The standard InChI is InChI=1S/C20H20ClN3O/c1-3-16-14-8-5-4-7-13(14)11-12-24(16)19-15-9-6-10-17(25-2)18(15)22-20(21)23-19/h4-10,16H,3,11-12H2,1-2H3. The Morgan fingerprint density at radius 1 is 1.16 bits per heavy atom. The van der Waals surface area contributed by atoms with Gasteiger partial charge in [0.15, 0.2) is 0 Å². The molecule has 0 fully saturated rings. The molecule has 1 aliphatic heterocycles. The number of hydrogen-bond donors (Lipinski definition) is 0. The van der Waals surface area contributed by atoms with Crippen molar-refractivity contribution in [3.05, 3.63) is 58.9 Å². The largest absolute Gasteiger partial charge is 0.494 e. The average Bonchev–Trinajstić information content (AvgIpc) is 2.65. The van der Waals surface area contributed by atoms with Gasteiger partial charge in [-0.3, -0.25) is 0 Å². The van der Waals surface area contributed by atoms with E-state index in [-0.39, 0.29) is 11.3 Å². The van der Waals surface area contributed by atoms with Gasteiger partial charge in [0.2, 0.25) is 5.28 Å². The maximum atomic E-state index is 6.26. The molecule has 1 aromatic heterocycles. The second-order valence-corrected chi connectivity index (χ2v) is 6.58. The molecular weight excluding hydrogens is 334 g/mol. The number of rotatable bonds is 3. The minimum absolute atomic E-state index is 0.251. The van der Waals surface area contributed by atoms with Crippen LogP contribution in [0.2, 0.25) is 5.28 Å². The van der Waals surface area contributed by atoms with Gasteiger partial charge in [-0.15, -0.1) is 0 Å². The van der Waals surface area contributed by atoms with Gasteiger partial charge in [-0.25, -0.2) is 4.98 Å². The van der Waals surface area contributed by atoms with Crippen LogP contribution in [0.4, 0.5) is 5.82 Å². The zero-order chi connectivity index (χ0) is 17.4. The fraction of sp³-hybridized carbons (Fsp3) is 0.300. The van der Waals surface area contributed by atoms with Crippen molar-refractivity contribution in [1.29, 1.82) is 0 Å². The van der Waals surface area contributed by atoms with E-state index in [1.54, 1.807) is 7.11 Å². The van der Waals surface area contributed by atoms with Crippen molar-refractivity contribution in [2.24, 2.45) is 0 Å². The Morgan fingerprint density at radius 2 is 2.00 bits per heavy atom. The van der Waals surface area contributed by atoms with E-state index in [1.165, 1.54) is 11.1 Å². The molecule has 1 unspecified atom stereocenters. The molecule has 4 rings (SSSR count). The summed E-state index contributed by atoms with van der Waals surface area (Å²) in [5.74, 6) is 1.60. The van der Waals surface area contributed by atoms with Crippen LogP contribution in [0.15, 0.2) is 42.5 Å². The molecule has 0 saturated heterocycles. The normalized spacial score (nSPS) is 16.8. The van der Waals surface area contributed by atoms with E-state index >= 15 is 0 Å². The molecule has 0 amide bonds. The van der Waals surface area contributed by atoms with Gasteiger partial charge in [0, 0.05) is 11.9 Å². The van der Waals surface area contributed by atoms with Crippen molar-refractivity contribution in [2.75, 3.05) is 18.6 Å². The monoisotopic (exact) mass is 353 g/mol. The maximum absolute atomic E-state index is 6.26. The first-order chi connectivity index (χ1) is 12.2. The molecule has 0 radical (unpaired) electrons. The topological polar surface area (TPSA) is 38.2 Å².